The van der Waals surface area contributed by atoms with Crippen molar-refractivity contribution in [2.24, 2.45) is 5.92 Å². The zero-order valence-corrected chi connectivity index (χ0v) is 20.7. The van der Waals surface area contributed by atoms with E-state index < -0.39 is 17.8 Å². The van der Waals surface area contributed by atoms with Gasteiger partial charge in [-0.05, 0) is 75.4 Å². The molecule has 6 nitrogen and oxygen atoms in total. The molecule has 1 fully saturated rings. The van der Waals surface area contributed by atoms with Crippen LogP contribution in [0.2, 0.25) is 0 Å². The molecular weight excluding hydrogens is 471 g/mol. The molecule has 0 aromatic heterocycles. The van der Waals surface area contributed by atoms with Crippen molar-refractivity contribution in [3.05, 3.63) is 70.8 Å². The highest BCUT2D eigenvalue weighted by Crippen LogP contribution is 2.29. The molecule has 2 aromatic carbocycles. The first-order valence-corrected chi connectivity index (χ1v) is 12.1. The van der Waals surface area contributed by atoms with E-state index in [-0.39, 0.29) is 35.2 Å². The van der Waals surface area contributed by atoms with E-state index in [2.05, 4.69) is 10.6 Å². The van der Waals surface area contributed by atoms with Crippen molar-refractivity contribution in [2.45, 2.75) is 58.3 Å². The van der Waals surface area contributed by atoms with Crippen molar-refractivity contribution in [2.75, 3.05) is 13.1 Å². The molecule has 1 saturated heterocycles. The second kappa shape index (κ2) is 11.6. The van der Waals surface area contributed by atoms with Crippen molar-refractivity contribution < 1.29 is 27.6 Å². The molecular formula is C27H32F3N3O3. The second-order valence-electron chi connectivity index (χ2n) is 9.34. The fraction of sp³-hybridized carbons (Fsp3) is 0.444. The van der Waals surface area contributed by atoms with Gasteiger partial charge in [0.15, 0.2) is 0 Å². The Balaban J connectivity index is 1.69. The molecule has 1 aliphatic heterocycles. The summed E-state index contributed by atoms with van der Waals surface area (Å²) in [6, 6.07) is 10.4. The molecule has 3 amide bonds. The van der Waals surface area contributed by atoms with E-state index in [1.165, 1.54) is 12.1 Å². The lowest BCUT2D eigenvalue weighted by molar-refractivity contribution is -0.137. The van der Waals surface area contributed by atoms with Crippen LogP contribution in [0, 0.1) is 12.8 Å². The molecule has 0 spiro atoms. The Morgan fingerprint density at radius 2 is 1.64 bits per heavy atom. The number of amides is 3. The summed E-state index contributed by atoms with van der Waals surface area (Å²) in [5.41, 5.74) is 0.766. The summed E-state index contributed by atoms with van der Waals surface area (Å²) in [5, 5.41) is 5.84. The fourth-order valence-electron chi connectivity index (χ4n) is 4.26. The Morgan fingerprint density at radius 3 is 2.19 bits per heavy atom. The first-order chi connectivity index (χ1) is 17.0. The van der Waals surface area contributed by atoms with Gasteiger partial charge in [-0.1, -0.05) is 24.6 Å². The van der Waals surface area contributed by atoms with E-state index in [1.54, 1.807) is 23.1 Å². The number of hydrogen-bond donors (Lipinski definition) is 2. The van der Waals surface area contributed by atoms with E-state index in [4.69, 9.17) is 0 Å². The van der Waals surface area contributed by atoms with Gasteiger partial charge in [0, 0.05) is 30.3 Å². The van der Waals surface area contributed by atoms with Gasteiger partial charge in [-0.2, -0.15) is 13.2 Å². The predicted octanol–water partition coefficient (Wildman–Crippen LogP) is 4.58. The van der Waals surface area contributed by atoms with Crippen molar-refractivity contribution >= 4 is 17.7 Å². The maximum absolute atomic E-state index is 13.1. The number of rotatable bonds is 7. The molecule has 1 heterocycles. The van der Waals surface area contributed by atoms with Gasteiger partial charge in [-0.15, -0.1) is 0 Å². The zero-order chi connectivity index (χ0) is 26.5. The van der Waals surface area contributed by atoms with Crippen LogP contribution in [0.3, 0.4) is 0 Å². The van der Waals surface area contributed by atoms with Crippen LogP contribution in [0.1, 0.15) is 65.0 Å². The van der Waals surface area contributed by atoms with Gasteiger partial charge in [0.1, 0.15) is 6.04 Å². The topological polar surface area (TPSA) is 78.5 Å². The van der Waals surface area contributed by atoms with E-state index in [9.17, 15) is 27.6 Å². The van der Waals surface area contributed by atoms with Crippen molar-refractivity contribution in [1.29, 1.82) is 0 Å². The predicted molar refractivity (Wildman–Crippen MR) is 130 cm³/mol. The molecule has 0 unspecified atom stereocenters. The lowest BCUT2D eigenvalue weighted by Crippen LogP contribution is -2.55. The number of piperidine rings is 1. The van der Waals surface area contributed by atoms with Crippen molar-refractivity contribution in [3.63, 3.8) is 0 Å². The fourth-order valence-corrected chi connectivity index (χ4v) is 4.26. The molecule has 0 radical (unpaired) electrons. The third kappa shape index (κ3) is 6.86. The smallest absolute Gasteiger partial charge is 0.352 e. The molecule has 36 heavy (non-hydrogen) atoms. The van der Waals surface area contributed by atoms with Gasteiger partial charge in [-0.3, -0.25) is 14.4 Å². The summed E-state index contributed by atoms with van der Waals surface area (Å²) >= 11 is 0. The van der Waals surface area contributed by atoms with Crippen LogP contribution in [-0.4, -0.2) is 47.8 Å². The van der Waals surface area contributed by atoms with Gasteiger partial charge in [-0.25, -0.2) is 0 Å². The number of nitrogens with one attached hydrogen (secondary N) is 2. The summed E-state index contributed by atoms with van der Waals surface area (Å²) in [6.07, 6.45) is -2.78. The Morgan fingerprint density at radius 1 is 1.00 bits per heavy atom. The lowest BCUT2D eigenvalue weighted by atomic mass is 9.88. The lowest BCUT2D eigenvalue weighted by Gasteiger charge is -2.36. The highest BCUT2D eigenvalue weighted by Gasteiger charge is 2.35. The average Bonchev–Trinajstić information content (AvgIpc) is 2.86. The van der Waals surface area contributed by atoms with Gasteiger partial charge in [0.2, 0.25) is 5.91 Å². The van der Waals surface area contributed by atoms with Crippen LogP contribution in [0.5, 0.6) is 0 Å². The number of carbonyl (C=O) groups is 3. The molecule has 2 aromatic rings. The minimum absolute atomic E-state index is 0.0581. The van der Waals surface area contributed by atoms with E-state index in [0.29, 0.717) is 31.5 Å². The third-order valence-electron chi connectivity index (χ3n) is 6.61. The number of carbonyl (C=O) groups excluding carboxylic acids is 3. The normalized spacial score (nSPS) is 16.2. The molecule has 1 aliphatic rings. The highest BCUT2D eigenvalue weighted by molar-refractivity contribution is 5.98. The van der Waals surface area contributed by atoms with E-state index in [1.807, 2.05) is 26.8 Å². The van der Waals surface area contributed by atoms with Crippen molar-refractivity contribution in [1.82, 2.24) is 15.5 Å². The number of nitrogens with zero attached hydrogens (tertiary/aromatic N) is 1. The van der Waals surface area contributed by atoms with E-state index >= 15 is 0 Å². The van der Waals surface area contributed by atoms with Crippen LogP contribution in [0.15, 0.2) is 48.5 Å². The summed E-state index contributed by atoms with van der Waals surface area (Å²) in [4.78, 5) is 40.4. The molecule has 2 atom stereocenters. The number of benzene rings is 2. The molecule has 2 N–H and O–H groups in total. The monoisotopic (exact) mass is 503 g/mol. The number of aryl methyl sites for hydroxylation is 1. The molecule has 3 rings (SSSR count). The Hall–Kier alpha value is -3.36. The number of hydrogen-bond acceptors (Lipinski definition) is 3. The Kier molecular flexibility index (Phi) is 8.76. The van der Waals surface area contributed by atoms with Gasteiger partial charge < -0.3 is 15.5 Å². The first kappa shape index (κ1) is 27.2. The van der Waals surface area contributed by atoms with Crippen LogP contribution in [-0.2, 0) is 11.0 Å². The van der Waals surface area contributed by atoms with Crippen LogP contribution in [0.25, 0.3) is 0 Å². The minimum Gasteiger partial charge on any atom is -0.352 e. The second-order valence-corrected chi connectivity index (χ2v) is 9.34. The summed E-state index contributed by atoms with van der Waals surface area (Å²) < 4.78 is 38.5. The van der Waals surface area contributed by atoms with Crippen LogP contribution in [0.4, 0.5) is 13.2 Å². The molecule has 194 valence electrons. The van der Waals surface area contributed by atoms with Crippen LogP contribution < -0.4 is 10.6 Å². The standard InChI is InChI=1S/C27H32F3N3O3/c1-4-18(3)31-25(35)23(32-24(34)21-7-5-6-17(2)16-21)19-12-14-33(15-13-19)26(36)20-8-10-22(11-9-20)27(28,29)30/h5-11,16,18-19,23H,4,12-15H2,1-3H3,(H,31,35)(H,32,34)/t18-,23-/m0/s1. The summed E-state index contributed by atoms with van der Waals surface area (Å²) in [5.74, 6) is -1.16. The number of alkyl halides is 3. The summed E-state index contributed by atoms with van der Waals surface area (Å²) in [7, 11) is 0. The van der Waals surface area contributed by atoms with Gasteiger partial charge >= 0.3 is 6.18 Å². The Bertz CT molecular complexity index is 1080. The SMILES string of the molecule is CC[C@H](C)NC(=O)[C@@H](NC(=O)c1cccc(C)c1)C1CCN(C(=O)c2ccc(C(F)(F)F)cc2)CC1. The van der Waals surface area contributed by atoms with Crippen molar-refractivity contribution in [3.8, 4) is 0 Å². The maximum atomic E-state index is 13.1. The molecule has 0 aliphatic carbocycles. The highest BCUT2D eigenvalue weighted by atomic mass is 19.4. The van der Waals surface area contributed by atoms with Crippen LogP contribution >= 0.6 is 0 Å². The largest absolute Gasteiger partial charge is 0.416 e. The van der Waals surface area contributed by atoms with Gasteiger partial charge in [0.05, 0.1) is 5.56 Å². The van der Waals surface area contributed by atoms with Gasteiger partial charge in [0.25, 0.3) is 11.8 Å². The Labute approximate surface area is 209 Å². The zero-order valence-electron chi connectivity index (χ0n) is 20.7. The quantitative estimate of drug-likeness (QED) is 0.581. The maximum Gasteiger partial charge on any atom is 0.416 e. The summed E-state index contributed by atoms with van der Waals surface area (Å²) in [6.45, 7) is 6.39. The third-order valence-corrected chi connectivity index (χ3v) is 6.61. The number of halogens is 3. The van der Waals surface area contributed by atoms with E-state index in [0.717, 1.165) is 24.1 Å². The molecule has 0 saturated carbocycles. The minimum atomic E-state index is -4.46. The number of likely N-dealkylation sites (tertiary alicyclic amines) is 1. The first-order valence-electron chi connectivity index (χ1n) is 12.1. The average molecular weight is 504 g/mol. The molecule has 0 bridgehead atoms. The molecule has 9 heteroatoms.